The smallest absolute Gasteiger partial charge is 0.237 e. The third-order valence-electron chi connectivity index (χ3n) is 4.23. The summed E-state index contributed by atoms with van der Waals surface area (Å²) < 4.78 is 1.23. The van der Waals surface area contributed by atoms with E-state index in [1.54, 1.807) is 11.3 Å². The molecule has 1 aromatic heterocycles. The Kier molecular flexibility index (Phi) is 4.82. The number of piperazine rings is 1. The molecule has 0 radical (unpaired) electrons. The van der Waals surface area contributed by atoms with Gasteiger partial charge < -0.3 is 10.2 Å². The van der Waals surface area contributed by atoms with E-state index in [4.69, 9.17) is 4.98 Å². The van der Waals surface area contributed by atoms with Crippen molar-refractivity contribution in [2.75, 3.05) is 31.1 Å². The van der Waals surface area contributed by atoms with Crippen molar-refractivity contribution in [2.24, 2.45) is 0 Å². The molecule has 23 heavy (non-hydrogen) atoms. The number of hydrogen-bond acceptors (Lipinski definition) is 5. The number of carbonyl (C=O) groups is 1. The lowest BCUT2D eigenvalue weighted by Gasteiger charge is -2.37. The molecule has 6 heteroatoms. The van der Waals surface area contributed by atoms with Crippen LogP contribution in [0.4, 0.5) is 5.13 Å². The van der Waals surface area contributed by atoms with E-state index in [1.165, 1.54) is 4.70 Å². The van der Waals surface area contributed by atoms with Crippen molar-refractivity contribution >= 4 is 32.6 Å². The second kappa shape index (κ2) is 6.84. The molecule has 3 rings (SSSR count). The van der Waals surface area contributed by atoms with Gasteiger partial charge in [0.1, 0.15) is 0 Å². The molecular weight excluding hydrogens is 308 g/mol. The minimum atomic E-state index is -0.0742. The molecule has 0 saturated carbocycles. The Morgan fingerprint density at radius 1 is 1.17 bits per heavy atom. The summed E-state index contributed by atoms with van der Waals surface area (Å²) in [6.45, 7) is 9.60. The van der Waals surface area contributed by atoms with Gasteiger partial charge in [0.25, 0.3) is 0 Å². The molecule has 1 unspecified atom stereocenters. The van der Waals surface area contributed by atoms with Gasteiger partial charge in [-0.3, -0.25) is 9.69 Å². The van der Waals surface area contributed by atoms with Crippen molar-refractivity contribution in [3.63, 3.8) is 0 Å². The van der Waals surface area contributed by atoms with Crippen molar-refractivity contribution in [3.8, 4) is 0 Å². The van der Waals surface area contributed by atoms with E-state index in [0.717, 1.165) is 36.8 Å². The zero-order chi connectivity index (χ0) is 16.4. The zero-order valence-corrected chi connectivity index (χ0v) is 14.8. The first-order chi connectivity index (χ1) is 11.0. The maximum absolute atomic E-state index is 12.1. The molecule has 1 aliphatic heterocycles. The average Bonchev–Trinajstić information content (AvgIpc) is 2.97. The molecule has 1 aliphatic rings. The normalized spacial score (nSPS) is 17.7. The van der Waals surface area contributed by atoms with Crippen LogP contribution in [0.3, 0.4) is 0 Å². The highest BCUT2D eigenvalue weighted by Crippen LogP contribution is 2.29. The van der Waals surface area contributed by atoms with E-state index >= 15 is 0 Å². The number of nitrogens with zero attached hydrogens (tertiary/aromatic N) is 3. The highest BCUT2D eigenvalue weighted by atomic mass is 32.1. The van der Waals surface area contributed by atoms with E-state index in [0.29, 0.717) is 0 Å². The van der Waals surface area contributed by atoms with Gasteiger partial charge in [-0.05, 0) is 32.9 Å². The fourth-order valence-electron chi connectivity index (χ4n) is 2.87. The Labute approximate surface area is 141 Å². The van der Waals surface area contributed by atoms with Crippen LogP contribution >= 0.6 is 11.3 Å². The van der Waals surface area contributed by atoms with Gasteiger partial charge in [-0.15, -0.1) is 0 Å². The van der Waals surface area contributed by atoms with Crippen LogP contribution in [0.1, 0.15) is 20.8 Å². The zero-order valence-electron chi connectivity index (χ0n) is 14.0. The lowest BCUT2D eigenvalue weighted by Crippen LogP contribution is -2.54. The van der Waals surface area contributed by atoms with E-state index in [2.05, 4.69) is 33.3 Å². The molecule has 0 bridgehead atoms. The Bertz CT molecular complexity index is 643. The fraction of sp³-hybridized carbons (Fsp3) is 0.529. The van der Waals surface area contributed by atoms with Gasteiger partial charge in [-0.25, -0.2) is 4.98 Å². The van der Waals surface area contributed by atoms with Crippen molar-refractivity contribution in [3.05, 3.63) is 24.3 Å². The molecule has 2 aromatic rings. The SMILES string of the molecule is CC(C)NC(=O)C(C)N1CCN(c2nc3ccccc3s2)CC1. The quantitative estimate of drug-likeness (QED) is 0.933. The van der Waals surface area contributed by atoms with Crippen LogP contribution in [0, 0.1) is 0 Å². The van der Waals surface area contributed by atoms with Crippen molar-refractivity contribution < 1.29 is 4.79 Å². The van der Waals surface area contributed by atoms with E-state index in [1.807, 2.05) is 26.8 Å². The minimum Gasteiger partial charge on any atom is -0.353 e. The van der Waals surface area contributed by atoms with E-state index in [9.17, 15) is 4.79 Å². The molecule has 1 amide bonds. The van der Waals surface area contributed by atoms with Gasteiger partial charge in [-0.2, -0.15) is 0 Å². The summed E-state index contributed by atoms with van der Waals surface area (Å²) in [6.07, 6.45) is 0. The topological polar surface area (TPSA) is 48.5 Å². The molecule has 2 heterocycles. The van der Waals surface area contributed by atoms with Crippen molar-refractivity contribution in [1.29, 1.82) is 0 Å². The number of benzene rings is 1. The predicted molar refractivity (Wildman–Crippen MR) is 96.1 cm³/mol. The van der Waals surface area contributed by atoms with Crippen LogP contribution in [0.5, 0.6) is 0 Å². The van der Waals surface area contributed by atoms with Crippen LogP contribution < -0.4 is 10.2 Å². The second-order valence-corrected chi connectivity index (χ2v) is 7.34. The van der Waals surface area contributed by atoms with Gasteiger partial charge in [-0.1, -0.05) is 23.5 Å². The Balaban J connectivity index is 1.60. The first-order valence-electron chi connectivity index (χ1n) is 8.19. The number of amides is 1. The molecule has 1 saturated heterocycles. The number of thiazole rings is 1. The highest BCUT2D eigenvalue weighted by molar-refractivity contribution is 7.22. The highest BCUT2D eigenvalue weighted by Gasteiger charge is 2.26. The van der Waals surface area contributed by atoms with Gasteiger partial charge in [0.15, 0.2) is 5.13 Å². The van der Waals surface area contributed by atoms with E-state index in [-0.39, 0.29) is 18.0 Å². The standard InChI is InChI=1S/C17H24N4OS/c1-12(2)18-16(22)13(3)20-8-10-21(11-9-20)17-19-14-6-4-5-7-15(14)23-17/h4-7,12-13H,8-11H2,1-3H3,(H,18,22). The summed E-state index contributed by atoms with van der Waals surface area (Å²) in [5.74, 6) is 0.119. The molecule has 124 valence electrons. The first-order valence-corrected chi connectivity index (χ1v) is 9.01. The van der Waals surface area contributed by atoms with Gasteiger partial charge in [0, 0.05) is 32.2 Å². The summed E-state index contributed by atoms with van der Waals surface area (Å²) in [6, 6.07) is 8.37. The van der Waals surface area contributed by atoms with Crippen molar-refractivity contribution in [1.82, 2.24) is 15.2 Å². The Morgan fingerprint density at radius 2 is 1.87 bits per heavy atom. The summed E-state index contributed by atoms with van der Waals surface area (Å²) in [5, 5.41) is 4.08. The second-order valence-electron chi connectivity index (χ2n) is 6.33. The third-order valence-corrected chi connectivity index (χ3v) is 5.32. The maximum atomic E-state index is 12.1. The molecule has 5 nitrogen and oxygen atoms in total. The van der Waals surface area contributed by atoms with Crippen LogP contribution in [0.25, 0.3) is 10.2 Å². The number of para-hydroxylation sites is 1. The molecule has 1 N–H and O–H groups in total. The van der Waals surface area contributed by atoms with Crippen LogP contribution in [0.2, 0.25) is 0 Å². The third kappa shape index (κ3) is 3.64. The molecule has 0 spiro atoms. The minimum absolute atomic E-state index is 0.0742. The molecule has 1 aromatic carbocycles. The van der Waals surface area contributed by atoms with Gasteiger partial charge in [0.2, 0.25) is 5.91 Å². The molecular formula is C17H24N4OS. The monoisotopic (exact) mass is 332 g/mol. The number of anilines is 1. The van der Waals surface area contributed by atoms with Gasteiger partial charge in [0.05, 0.1) is 16.3 Å². The Morgan fingerprint density at radius 3 is 2.52 bits per heavy atom. The summed E-state index contributed by atoms with van der Waals surface area (Å²) in [5.41, 5.74) is 1.07. The number of rotatable bonds is 4. The number of aromatic nitrogens is 1. The Hall–Kier alpha value is -1.66. The van der Waals surface area contributed by atoms with Crippen LogP contribution in [0.15, 0.2) is 24.3 Å². The molecule has 1 fully saturated rings. The average molecular weight is 332 g/mol. The van der Waals surface area contributed by atoms with Crippen molar-refractivity contribution in [2.45, 2.75) is 32.9 Å². The molecule has 0 aliphatic carbocycles. The summed E-state index contributed by atoms with van der Waals surface area (Å²) in [7, 11) is 0. The number of fused-ring (bicyclic) bond motifs is 1. The lowest BCUT2D eigenvalue weighted by molar-refractivity contribution is -0.126. The maximum Gasteiger partial charge on any atom is 0.237 e. The summed E-state index contributed by atoms with van der Waals surface area (Å²) in [4.78, 5) is 21.5. The summed E-state index contributed by atoms with van der Waals surface area (Å²) >= 11 is 1.75. The van der Waals surface area contributed by atoms with Crippen LogP contribution in [-0.2, 0) is 4.79 Å². The predicted octanol–water partition coefficient (Wildman–Crippen LogP) is 2.33. The number of nitrogens with one attached hydrogen (secondary N) is 1. The van der Waals surface area contributed by atoms with Crippen LogP contribution in [-0.4, -0.2) is 54.1 Å². The largest absolute Gasteiger partial charge is 0.353 e. The number of hydrogen-bond donors (Lipinski definition) is 1. The first kappa shape index (κ1) is 16.2. The number of carbonyl (C=O) groups excluding carboxylic acids is 1. The fourth-order valence-corrected chi connectivity index (χ4v) is 3.88. The van der Waals surface area contributed by atoms with Gasteiger partial charge >= 0.3 is 0 Å². The lowest BCUT2D eigenvalue weighted by atomic mass is 10.2. The van der Waals surface area contributed by atoms with E-state index < -0.39 is 0 Å². The molecule has 1 atom stereocenters.